The van der Waals surface area contributed by atoms with Crippen molar-refractivity contribution in [3.05, 3.63) is 71.9 Å². The number of H-pyrrole nitrogens is 1. The monoisotopic (exact) mass is 1380 g/mol. The molecule has 0 bridgehead atoms. The van der Waals surface area contributed by atoms with Crippen LogP contribution < -0.4 is 48.3 Å². The van der Waals surface area contributed by atoms with Gasteiger partial charge in [-0.1, -0.05) is 70.1 Å². The lowest BCUT2D eigenvalue weighted by atomic mass is 10.0. The zero-order valence-electron chi connectivity index (χ0n) is 52.3. The van der Waals surface area contributed by atoms with Crippen molar-refractivity contribution in [2.24, 2.45) is 5.73 Å². The van der Waals surface area contributed by atoms with Crippen LogP contribution >= 0.6 is 21.6 Å². The molecule has 34 nitrogen and oxygen atoms in total. The van der Waals surface area contributed by atoms with Crippen LogP contribution in [0.3, 0.4) is 0 Å². The topological polar surface area (TPSA) is 532 Å². The van der Waals surface area contributed by atoms with Gasteiger partial charge in [-0.3, -0.25) is 77.0 Å². The van der Waals surface area contributed by atoms with Crippen molar-refractivity contribution >= 4 is 110 Å². The van der Waals surface area contributed by atoms with Gasteiger partial charge in [0.25, 0.3) is 0 Å². The number of aromatic nitrogens is 1. The van der Waals surface area contributed by atoms with E-state index >= 15 is 4.79 Å². The molecule has 95 heavy (non-hydrogen) atoms. The van der Waals surface area contributed by atoms with Gasteiger partial charge in [0.15, 0.2) is 0 Å². The number of aliphatic hydroxyl groups excluding tert-OH is 3. The maximum atomic E-state index is 15.0. The molecule has 0 radical (unpaired) electrons. The number of carboxylic acids is 5. The number of para-hydroxylation sites is 1. The molecule has 8 amide bonds. The van der Waals surface area contributed by atoms with Gasteiger partial charge in [0.1, 0.15) is 42.3 Å². The molecule has 0 saturated carbocycles. The molecule has 0 aliphatic carbocycles. The lowest BCUT2D eigenvalue weighted by Crippen LogP contribution is -2.62. The molecular formula is C59H85N13O21S2. The van der Waals surface area contributed by atoms with Gasteiger partial charge in [-0.2, -0.15) is 0 Å². The van der Waals surface area contributed by atoms with Gasteiger partial charge in [-0.25, -0.2) is 0 Å². The number of nitrogens with one attached hydrogen (secondary N) is 9. The van der Waals surface area contributed by atoms with E-state index in [4.69, 9.17) is 5.73 Å². The van der Waals surface area contributed by atoms with Crippen LogP contribution in [-0.4, -0.2) is 282 Å². The molecule has 19 N–H and O–H groups in total. The van der Waals surface area contributed by atoms with Crippen molar-refractivity contribution in [1.82, 2.24) is 62.2 Å². The molecule has 1 aromatic heterocycles. The first-order valence-electron chi connectivity index (χ1n) is 30.3. The first-order valence-corrected chi connectivity index (χ1v) is 32.7. The highest BCUT2D eigenvalue weighted by atomic mass is 33.1. The smallest absolute Gasteiger partial charge is 0.317 e. The maximum Gasteiger partial charge on any atom is 0.317 e. The Labute approximate surface area is 553 Å². The van der Waals surface area contributed by atoms with Crippen molar-refractivity contribution in [2.75, 3.05) is 83.6 Å². The van der Waals surface area contributed by atoms with Gasteiger partial charge in [-0.15, -0.1) is 0 Å². The first-order chi connectivity index (χ1) is 45.1. The van der Waals surface area contributed by atoms with Crippen LogP contribution in [-0.2, 0) is 75.2 Å². The lowest BCUT2D eigenvalue weighted by Gasteiger charge is -2.29. The predicted octanol–water partition coefficient (Wildman–Crippen LogP) is -4.78. The largest absolute Gasteiger partial charge is 0.481 e. The summed E-state index contributed by atoms with van der Waals surface area (Å²) in [5.41, 5.74) is 7.48. The number of fused-ring (bicyclic) bond motifs is 1. The van der Waals surface area contributed by atoms with E-state index in [0.717, 1.165) is 31.4 Å². The van der Waals surface area contributed by atoms with Crippen molar-refractivity contribution < 1.29 is 103 Å². The molecule has 1 fully saturated rings. The number of amides is 8. The number of aromatic amines is 1. The number of carboxylic acid groups (broad SMARTS) is 5. The zero-order valence-corrected chi connectivity index (χ0v) is 53.9. The molecular weight excluding hydrogens is 1290 g/mol. The summed E-state index contributed by atoms with van der Waals surface area (Å²) in [6.45, 7) is -3.05. The number of hydrogen-bond acceptors (Lipinski definition) is 22. The number of carbonyl (C=O) groups is 13. The highest BCUT2D eigenvalue weighted by molar-refractivity contribution is 8.76. The summed E-state index contributed by atoms with van der Waals surface area (Å²) in [5.74, 6) is -16.2. The number of rotatable bonds is 35. The van der Waals surface area contributed by atoms with Crippen molar-refractivity contribution in [3.8, 4) is 0 Å². The van der Waals surface area contributed by atoms with Gasteiger partial charge in [0.05, 0.1) is 57.6 Å². The van der Waals surface area contributed by atoms with E-state index < -0.39 is 201 Å². The SMILES string of the molecule is C[C@@H](O)C1NC(=O)[C@H](CCCCN)NC(=O)[C@@H](Cc2c[nH]c3ccccc23)NC(=O)C(Cc2ccccc2)NC(=O)[C@@H](NC(=O)[C@@H](CCC(=O)O)NC(=O)CN(CCN(CCN(CC(=O)O)CC(=O)O)CC(=O)O)CC(=O)O)CSSCC(C(=O)N[C@H](CO)[C@@H](C)O)NC1=O. The number of aliphatic hydroxyl groups is 3. The average molecular weight is 1380 g/mol. The maximum absolute atomic E-state index is 15.0. The molecule has 1 aliphatic heterocycles. The van der Waals surface area contributed by atoms with Crippen molar-refractivity contribution in [2.45, 2.75) is 119 Å². The van der Waals surface area contributed by atoms with Gasteiger partial charge in [0.2, 0.25) is 47.3 Å². The van der Waals surface area contributed by atoms with Gasteiger partial charge in [0, 0.05) is 74.0 Å². The van der Waals surface area contributed by atoms with Gasteiger partial charge < -0.3 is 94.1 Å². The summed E-state index contributed by atoms with van der Waals surface area (Å²) < 4.78 is 0. The minimum atomic E-state index is -1.81. The Kier molecular flexibility index (Phi) is 33.8. The second-order valence-corrected chi connectivity index (χ2v) is 25.1. The fraction of sp³-hybridized carbons (Fsp3) is 0.542. The average Bonchev–Trinajstić information content (AvgIpc) is 1.70. The Morgan fingerprint density at radius 2 is 1.15 bits per heavy atom. The summed E-state index contributed by atoms with van der Waals surface area (Å²) in [5, 5.41) is 100. The molecule has 1 aliphatic rings. The quantitative estimate of drug-likeness (QED) is 0.0194. The van der Waals surface area contributed by atoms with E-state index in [1.54, 1.807) is 60.8 Å². The van der Waals surface area contributed by atoms with Crippen LogP contribution in [0, 0.1) is 0 Å². The third-order valence-corrected chi connectivity index (χ3v) is 17.2. The predicted molar refractivity (Wildman–Crippen MR) is 343 cm³/mol. The van der Waals surface area contributed by atoms with Crippen LogP contribution in [0.1, 0.15) is 57.1 Å². The van der Waals surface area contributed by atoms with Crippen LogP contribution in [0.2, 0.25) is 0 Å². The summed E-state index contributed by atoms with van der Waals surface area (Å²) in [6, 6.07) is 2.50. The number of nitrogens with two attached hydrogens (primary N) is 1. The molecule has 10 atom stereocenters. The Bertz CT molecular complexity index is 3090. The Morgan fingerprint density at radius 1 is 0.611 bits per heavy atom. The van der Waals surface area contributed by atoms with E-state index in [-0.39, 0.29) is 58.4 Å². The molecule has 524 valence electrons. The minimum Gasteiger partial charge on any atom is -0.481 e. The van der Waals surface area contributed by atoms with Crippen molar-refractivity contribution in [1.29, 1.82) is 0 Å². The van der Waals surface area contributed by atoms with E-state index in [9.17, 15) is 98.4 Å². The van der Waals surface area contributed by atoms with E-state index in [1.165, 1.54) is 18.7 Å². The minimum absolute atomic E-state index is 0.0741. The molecule has 3 aromatic rings. The Morgan fingerprint density at radius 3 is 1.73 bits per heavy atom. The van der Waals surface area contributed by atoms with Crippen LogP contribution in [0.25, 0.3) is 10.9 Å². The number of carbonyl (C=O) groups excluding carboxylic acids is 8. The van der Waals surface area contributed by atoms with Crippen LogP contribution in [0.15, 0.2) is 60.8 Å². The normalized spacial score (nSPS) is 20.0. The molecule has 4 rings (SSSR count). The van der Waals surface area contributed by atoms with Crippen molar-refractivity contribution in [3.63, 3.8) is 0 Å². The number of benzene rings is 2. The standard InChI is InChI=1S/C59H85N13O21S2/c1-33(74)43(30-73)66-58(92)45-32-95-94-31-44(67-53(87)40(15-16-47(77)78)62-46(76)25-71(27-49(81)82)20-18-70(26-48(79)80)19-21-72(28-50(83)84)29-51(85)86)57(91)64-41(22-35-10-4-3-5-11-35)55(89)65-42(23-36-24-61-38-13-7-6-12-37(36)38)56(90)63-39(14-8-9-17-60)54(88)69-52(34(2)75)59(93)68-45/h3-7,10-13,24,33-34,39-45,52,61,73-75H,8-9,14-23,25-32,60H2,1-2H3,(H,62,76)(H,63,90)(H,64,91)(H,65,89)(H,66,92)(H,67,87)(H,68,93)(H,69,88)(H,77,78)(H,79,80)(H,81,82)(H,83,84)(H,85,86)/t33-,34-,39+,40-,41?,42-,43-,44+,45?,52?/m1/s1. The van der Waals surface area contributed by atoms with Crippen LogP contribution in [0.5, 0.6) is 0 Å². The number of nitrogens with zero attached hydrogens (tertiary/aromatic N) is 3. The third kappa shape index (κ3) is 28.6. The Hall–Kier alpha value is -8.49. The molecule has 3 unspecified atom stereocenters. The summed E-state index contributed by atoms with van der Waals surface area (Å²) in [4.78, 5) is 181. The highest BCUT2D eigenvalue weighted by Crippen LogP contribution is 2.25. The fourth-order valence-electron chi connectivity index (χ4n) is 9.77. The highest BCUT2D eigenvalue weighted by Gasteiger charge is 2.37. The summed E-state index contributed by atoms with van der Waals surface area (Å²) >= 11 is 0. The van der Waals surface area contributed by atoms with E-state index in [2.05, 4.69) is 47.5 Å². The van der Waals surface area contributed by atoms with Gasteiger partial charge >= 0.3 is 29.8 Å². The third-order valence-electron chi connectivity index (χ3n) is 14.8. The lowest BCUT2D eigenvalue weighted by molar-refractivity contribution is -0.143. The summed E-state index contributed by atoms with van der Waals surface area (Å²) in [7, 11) is 1.62. The molecule has 0 spiro atoms. The molecule has 1 saturated heterocycles. The van der Waals surface area contributed by atoms with E-state index in [0.29, 0.717) is 28.5 Å². The number of unbranched alkanes of at least 4 members (excludes halogenated alkanes) is 1. The molecule has 36 heteroatoms. The van der Waals surface area contributed by atoms with Crippen LogP contribution in [0.4, 0.5) is 0 Å². The first kappa shape index (κ1) is 79.0. The molecule has 2 heterocycles. The zero-order chi connectivity index (χ0) is 70.3. The second-order valence-electron chi connectivity index (χ2n) is 22.5. The van der Waals surface area contributed by atoms with Gasteiger partial charge in [-0.05, 0) is 63.3 Å². The second kappa shape index (κ2) is 40.7. The van der Waals surface area contributed by atoms with E-state index in [1.807, 2.05) is 0 Å². The number of hydrogen-bond donors (Lipinski definition) is 18. The number of aliphatic carboxylic acids is 5. The Balaban J connectivity index is 1.81. The fourth-order valence-corrected chi connectivity index (χ4v) is 12.1. The molecule has 2 aromatic carbocycles. The summed E-state index contributed by atoms with van der Waals surface area (Å²) in [6.07, 6.45) is -2.71.